The zero-order valence-electron chi connectivity index (χ0n) is 14.4. The van der Waals surface area contributed by atoms with Gasteiger partial charge >= 0.3 is 0 Å². The maximum Gasteiger partial charge on any atom is 0.263 e. The number of hydrazone groups is 1. The van der Waals surface area contributed by atoms with Gasteiger partial charge < -0.3 is 5.11 Å². The Bertz CT molecular complexity index is 1070. The quantitative estimate of drug-likeness (QED) is 0.388. The van der Waals surface area contributed by atoms with Crippen LogP contribution in [-0.4, -0.2) is 37.4 Å². The van der Waals surface area contributed by atoms with Gasteiger partial charge in [0.15, 0.2) is 0 Å². The van der Waals surface area contributed by atoms with Gasteiger partial charge in [0, 0.05) is 11.1 Å². The lowest BCUT2D eigenvalue weighted by Gasteiger charge is -2.07. The number of amides is 1. The summed E-state index contributed by atoms with van der Waals surface area (Å²) in [7, 11) is 0. The Balaban J connectivity index is 1.65. The number of tetrazole rings is 1. The van der Waals surface area contributed by atoms with Crippen LogP contribution < -0.4 is 5.43 Å². The van der Waals surface area contributed by atoms with E-state index in [2.05, 4.69) is 57.8 Å². The normalized spacial score (nSPS) is 11.1. The van der Waals surface area contributed by atoms with Gasteiger partial charge in [-0.3, -0.25) is 4.79 Å². The molecule has 2 N–H and O–H groups in total. The average molecular weight is 529 g/mol. The van der Waals surface area contributed by atoms with Crippen LogP contribution in [0, 0.1) is 6.92 Å². The number of phenols is 1. The molecule has 28 heavy (non-hydrogen) atoms. The molecular formula is C17H13Br2ClN6O2. The number of nitrogens with zero attached hydrogens (tertiary/aromatic N) is 5. The van der Waals surface area contributed by atoms with Gasteiger partial charge in [-0.25, -0.2) is 5.43 Å². The Morgan fingerprint density at radius 2 is 2.14 bits per heavy atom. The van der Waals surface area contributed by atoms with Crippen LogP contribution in [0.3, 0.4) is 0 Å². The molecule has 0 unspecified atom stereocenters. The molecule has 1 heterocycles. The van der Waals surface area contributed by atoms with Crippen molar-refractivity contribution in [1.29, 1.82) is 0 Å². The van der Waals surface area contributed by atoms with Crippen molar-refractivity contribution in [3.8, 4) is 17.1 Å². The Hall–Kier alpha value is -2.30. The lowest BCUT2D eigenvalue weighted by molar-refractivity contribution is -0.122. The third-order valence-corrected chi connectivity index (χ3v) is 5.41. The molecule has 0 aliphatic carbocycles. The summed E-state index contributed by atoms with van der Waals surface area (Å²) >= 11 is 12.7. The largest absolute Gasteiger partial charge is 0.506 e. The lowest BCUT2D eigenvalue weighted by atomic mass is 10.1. The number of hydrogen-bond donors (Lipinski definition) is 2. The maximum absolute atomic E-state index is 12.1. The molecule has 2 aromatic carbocycles. The Morgan fingerprint density at radius 3 is 2.89 bits per heavy atom. The standard InChI is InChI=1S/C17H13Br2ClN6O2/c1-9-6-12(18)16(28)15(19)11(9)7-21-22-14(27)8-26-24-17(23-25-26)10-4-2-3-5-13(10)20/h2-7,28H,8H2,1H3,(H,22,27)/b21-7-. The number of rotatable bonds is 5. The SMILES string of the molecule is Cc1cc(Br)c(O)c(Br)c1/C=N\NC(=O)Cn1nnc(-c2ccccc2Cl)n1. The molecule has 1 amide bonds. The number of benzene rings is 2. The molecule has 0 spiro atoms. The van der Waals surface area contributed by atoms with E-state index < -0.39 is 5.91 Å². The highest BCUT2D eigenvalue weighted by Crippen LogP contribution is 2.36. The number of aryl methyl sites for hydroxylation is 1. The second kappa shape index (κ2) is 8.80. The van der Waals surface area contributed by atoms with Crippen LogP contribution in [0.15, 0.2) is 44.4 Å². The molecule has 8 nitrogen and oxygen atoms in total. The maximum atomic E-state index is 12.1. The molecule has 0 saturated carbocycles. The molecule has 0 bridgehead atoms. The van der Waals surface area contributed by atoms with Crippen molar-refractivity contribution >= 4 is 55.6 Å². The van der Waals surface area contributed by atoms with E-state index in [4.69, 9.17) is 11.6 Å². The minimum Gasteiger partial charge on any atom is -0.506 e. The zero-order chi connectivity index (χ0) is 20.3. The second-order valence-electron chi connectivity index (χ2n) is 5.67. The number of hydrogen-bond acceptors (Lipinski definition) is 6. The lowest BCUT2D eigenvalue weighted by Crippen LogP contribution is -2.24. The number of phenolic OH excluding ortho intramolecular Hbond substituents is 1. The molecule has 1 aromatic heterocycles. The van der Waals surface area contributed by atoms with Gasteiger partial charge in [-0.1, -0.05) is 23.7 Å². The Kier molecular flexibility index (Phi) is 6.42. The minimum atomic E-state index is -0.436. The molecule has 0 fully saturated rings. The third kappa shape index (κ3) is 4.57. The van der Waals surface area contributed by atoms with Crippen LogP contribution in [0.1, 0.15) is 11.1 Å². The summed E-state index contributed by atoms with van der Waals surface area (Å²) in [6.07, 6.45) is 1.44. The fourth-order valence-corrected chi connectivity index (χ4v) is 3.95. The van der Waals surface area contributed by atoms with E-state index in [0.717, 1.165) is 10.4 Å². The van der Waals surface area contributed by atoms with Crippen LogP contribution in [0.2, 0.25) is 5.02 Å². The van der Waals surface area contributed by atoms with Gasteiger partial charge in [0.2, 0.25) is 5.82 Å². The molecule has 3 rings (SSSR count). The first kappa shape index (κ1) is 20.4. The molecule has 0 radical (unpaired) electrons. The summed E-state index contributed by atoms with van der Waals surface area (Å²) in [6.45, 7) is 1.69. The second-order valence-corrected chi connectivity index (χ2v) is 7.72. The van der Waals surface area contributed by atoms with Gasteiger partial charge in [0.25, 0.3) is 5.91 Å². The smallest absolute Gasteiger partial charge is 0.263 e. The van der Waals surface area contributed by atoms with E-state index in [-0.39, 0.29) is 12.3 Å². The molecule has 0 saturated heterocycles. The first-order valence-corrected chi connectivity index (χ1v) is 9.85. The van der Waals surface area contributed by atoms with Crippen LogP contribution in [0.5, 0.6) is 5.75 Å². The van der Waals surface area contributed by atoms with Crippen molar-refractivity contribution in [2.24, 2.45) is 5.10 Å². The van der Waals surface area contributed by atoms with Crippen LogP contribution in [0.4, 0.5) is 0 Å². The first-order valence-electron chi connectivity index (χ1n) is 7.89. The average Bonchev–Trinajstić information content (AvgIpc) is 3.11. The predicted molar refractivity (Wildman–Crippen MR) is 112 cm³/mol. The predicted octanol–water partition coefficient (Wildman–Crippen LogP) is 3.68. The summed E-state index contributed by atoms with van der Waals surface area (Å²) in [5, 5.41) is 26.3. The van der Waals surface area contributed by atoms with Crippen molar-refractivity contribution in [2.75, 3.05) is 0 Å². The van der Waals surface area contributed by atoms with E-state index in [0.29, 0.717) is 30.9 Å². The molecule has 0 aliphatic rings. The number of halogens is 3. The van der Waals surface area contributed by atoms with Crippen molar-refractivity contribution in [2.45, 2.75) is 13.5 Å². The third-order valence-electron chi connectivity index (χ3n) is 3.67. The van der Waals surface area contributed by atoms with Crippen LogP contribution in [0.25, 0.3) is 11.4 Å². The minimum absolute atomic E-state index is 0.0531. The van der Waals surface area contributed by atoms with Crippen LogP contribution in [-0.2, 0) is 11.3 Å². The van der Waals surface area contributed by atoms with E-state index in [1.165, 1.54) is 6.21 Å². The highest BCUT2D eigenvalue weighted by molar-refractivity contribution is 9.11. The first-order chi connectivity index (χ1) is 13.4. The number of carbonyl (C=O) groups excluding carboxylic acids is 1. The number of carbonyl (C=O) groups is 1. The van der Waals surface area contributed by atoms with E-state index >= 15 is 0 Å². The molecule has 144 valence electrons. The van der Waals surface area contributed by atoms with Crippen molar-refractivity contribution in [3.05, 3.63) is 55.4 Å². The highest BCUT2D eigenvalue weighted by atomic mass is 79.9. The number of aromatic hydroxyl groups is 1. The van der Waals surface area contributed by atoms with E-state index in [9.17, 15) is 9.90 Å². The van der Waals surface area contributed by atoms with Gasteiger partial charge in [-0.2, -0.15) is 9.90 Å². The Morgan fingerprint density at radius 1 is 1.39 bits per heavy atom. The van der Waals surface area contributed by atoms with Gasteiger partial charge in [-0.05, 0) is 67.8 Å². The van der Waals surface area contributed by atoms with Gasteiger partial charge in [0.1, 0.15) is 12.3 Å². The van der Waals surface area contributed by atoms with Crippen LogP contribution >= 0.6 is 43.5 Å². The van der Waals surface area contributed by atoms with E-state index in [1.807, 2.05) is 13.0 Å². The van der Waals surface area contributed by atoms with Crippen molar-refractivity contribution in [3.63, 3.8) is 0 Å². The Labute approximate surface area is 181 Å². The fourth-order valence-electron chi connectivity index (χ4n) is 2.29. The molecule has 0 aliphatic heterocycles. The molecule has 3 aromatic rings. The summed E-state index contributed by atoms with van der Waals surface area (Å²) in [5.74, 6) is -0.0569. The number of nitrogens with one attached hydrogen (secondary N) is 1. The zero-order valence-corrected chi connectivity index (χ0v) is 18.3. The van der Waals surface area contributed by atoms with E-state index in [1.54, 1.807) is 24.3 Å². The monoisotopic (exact) mass is 526 g/mol. The summed E-state index contributed by atoms with van der Waals surface area (Å²) in [5.41, 5.74) is 4.52. The molecule has 0 atom stereocenters. The molecular weight excluding hydrogens is 515 g/mol. The summed E-state index contributed by atoms with van der Waals surface area (Å²) in [6, 6.07) is 8.84. The molecule has 11 heteroatoms. The van der Waals surface area contributed by atoms with Gasteiger partial charge in [-0.15, -0.1) is 10.2 Å². The summed E-state index contributed by atoms with van der Waals surface area (Å²) in [4.78, 5) is 13.2. The number of aromatic nitrogens is 4. The summed E-state index contributed by atoms with van der Waals surface area (Å²) < 4.78 is 1.03. The van der Waals surface area contributed by atoms with Crippen molar-refractivity contribution < 1.29 is 9.90 Å². The van der Waals surface area contributed by atoms with Gasteiger partial charge in [0.05, 0.1) is 20.2 Å². The highest BCUT2D eigenvalue weighted by Gasteiger charge is 2.12. The fraction of sp³-hybridized carbons (Fsp3) is 0.118. The van der Waals surface area contributed by atoms with Crippen molar-refractivity contribution in [1.82, 2.24) is 25.6 Å². The topological polar surface area (TPSA) is 105 Å².